The Hall–Kier alpha value is -2.64. The lowest BCUT2D eigenvalue weighted by molar-refractivity contribution is -0.117. The highest BCUT2D eigenvalue weighted by atomic mass is 35.5. The molecule has 1 spiro atoms. The van der Waals surface area contributed by atoms with Gasteiger partial charge in [-0.25, -0.2) is 0 Å². The maximum Gasteiger partial charge on any atom is 0.164 e. The van der Waals surface area contributed by atoms with Crippen molar-refractivity contribution in [2.45, 2.75) is 38.2 Å². The maximum atomic E-state index is 12.3. The minimum atomic E-state index is 0.149. The number of hydrogen-bond acceptors (Lipinski definition) is 6. The molecule has 1 aromatic carbocycles. The highest BCUT2D eigenvalue weighted by Gasteiger charge is 2.53. The summed E-state index contributed by atoms with van der Waals surface area (Å²) < 4.78 is 8.23. The van der Waals surface area contributed by atoms with Crippen LogP contribution in [-0.4, -0.2) is 57.6 Å². The number of fused-ring (bicyclic) bond motifs is 2. The summed E-state index contributed by atoms with van der Waals surface area (Å²) in [5.74, 6) is 1.01. The van der Waals surface area contributed by atoms with Crippen molar-refractivity contribution >= 4 is 28.7 Å². The Balaban J connectivity index is 0.978. The van der Waals surface area contributed by atoms with Crippen LogP contribution in [0.15, 0.2) is 36.8 Å². The lowest BCUT2D eigenvalue weighted by Crippen LogP contribution is -2.65. The van der Waals surface area contributed by atoms with E-state index in [0.717, 1.165) is 74.5 Å². The molecule has 2 aromatic heterocycles. The summed E-state index contributed by atoms with van der Waals surface area (Å²) in [6.07, 6.45) is 8.44. The Morgan fingerprint density at radius 1 is 1.22 bits per heavy atom. The predicted octanol–water partition coefficient (Wildman–Crippen LogP) is 3.86. The fraction of sp³-hybridized carbons (Fsp3) is 0.458. The van der Waals surface area contributed by atoms with Crippen molar-refractivity contribution in [3.05, 3.63) is 52.9 Å². The fourth-order valence-corrected chi connectivity index (χ4v) is 5.87. The molecule has 0 bridgehead atoms. The number of carbonyl (C=O) groups is 1. The summed E-state index contributed by atoms with van der Waals surface area (Å²) in [5.41, 5.74) is 4.04. The number of Topliss-reactive ketones (excluding diaryl/α,β-unsaturated/α-hetero) is 1. The molecular weight excluding hydrogens is 426 g/mol. The second-order valence-corrected chi connectivity index (χ2v) is 9.88. The van der Waals surface area contributed by atoms with Crippen molar-refractivity contribution in [1.29, 1.82) is 0 Å². The lowest BCUT2D eigenvalue weighted by atomic mass is 9.61. The molecule has 1 N–H and O–H groups in total. The van der Waals surface area contributed by atoms with E-state index in [1.807, 2.05) is 34.9 Å². The van der Waals surface area contributed by atoms with Crippen LogP contribution in [0.25, 0.3) is 5.65 Å². The van der Waals surface area contributed by atoms with Crippen molar-refractivity contribution in [1.82, 2.24) is 19.5 Å². The fourth-order valence-electron chi connectivity index (χ4n) is 5.58. The normalized spacial score (nSPS) is 20.1. The number of nitrogens with one attached hydrogen (secondary N) is 1. The summed E-state index contributed by atoms with van der Waals surface area (Å²) >= 11 is 6.29. The first-order valence-corrected chi connectivity index (χ1v) is 11.7. The summed E-state index contributed by atoms with van der Waals surface area (Å²) in [5, 5.41) is 12.0. The molecule has 6 rings (SSSR count). The van der Waals surface area contributed by atoms with Crippen molar-refractivity contribution in [3.63, 3.8) is 0 Å². The number of halogens is 1. The number of benzene rings is 1. The molecule has 166 valence electrons. The molecule has 1 saturated carbocycles. The Bertz CT molecular complexity index is 1180. The van der Waals surface area contributed by atoms with Crippen LogP contribution in [0.1, 0.15) is 41.6 Å². The van der Waals surface area contributed by atoms with Gasteiger partial charge in [-0.1, -0.05) is 11.6 Å². The average molecular weight is 452 g/mol. The third-order valence-electron chi connectivity index (χ3n) is 7.12. The van der Waals surface area contributed by atoms with E-state index in [4.69, 9.17) is 16.3 Å². The number of ketones is 1. The number of anilines is 1. The highest BCUT2D eigenvalue weighted by Crippen LogP contribution is 2.50. The molecule has 3 heterocycles. The van der Waals surface area contributed by atoms with Gasteiger partial charge in [0.25, 0.3) is 0 Å². The predicted molar refractivity (Wildman–Crippen MR) is 123 cm³/mol. The van der Waals surface area contributed by atoms with Gasteiger partial charge in [0.2, 0.25) is 0 Å². The zero-order valence-electron chi connectivity index (χ0n) is 17.9. The molecule has 0 amide bonds. The first kappa shape index (κ1) is 20.0. The largest absolute Gasteiger partial charge is 0.490 e. The van der Waals surface area contributed by atoms with Gasteiger partial charge in [-0.05, 0) is 43.9 Å². The number of rotatable bonds is 6. The van der Waals surface area contributed by atoms with E-state index in [2.05, 4.69) is 20.4 Å². The molecule has 3 aliphatic rings. The smallest absolute Gasteiger partial charge is 0.164 e. The molecule has 0 unspecified atom stereocenters. The Kier molecular flexibility index (Phi) is 4.84. The summed E-state index contributed by atoms with van der Waals surface area (Å²) in [6.45, 7) is 4.20. The van der Waals surface area contributed by atoms with Gasteiger partial charge in [-0.2, -0.15) is 0 Å². The van der Waals surface area contributed by atoms with Gasteiger partial charge in [0.15, 0.2) is 11.4 Å². The van der Waals surface area contributed by atoms with Gasteiger partial charge < -0.3 is 15.0 Å². The molecule has 3 aromatic rings. The summed E-state index contributed by atoms with van der Waals surface area (Å²) in [7, 11) is 0. The number of ether oxygens (including phenoxy) is 1. The van der Waals surface area contributed by atoms with Crippen LogP contribution in [-0.2, 0) is 6.42 Å². The van der Waals surface area contributed by atoms with E-state index in [1.54, 1.807) is 6.33 Å². The van der Waals surface area contributed by atoms with Gasteiger partial charge >= 0.3 is 0 Å². The molecule has 2 aliphatic carbocycles. The van der Waals surface area contributed by atoms with Crippen molar-refractivity contribution in [2.75, 3.05) is 31.5 Å². The molecule has 1 aliphatic heterocycles. The van der Waals surface area contributed by atoms with Crippen LogP contribution >= 0.6 is 11.6 Å². The molecule has 0 radical (unpaired) electrons. The van der Waals surface area contributed by atoms with Crippen LogP contribution in [0.3, 0.4) is 0 Å². The zero-order valence-corrected chi connectivity index (χ0v) is 18.6. The molecule has 2 fully saturated rings. The van der Waals surface area contributed by atoms with Gasteiger partial charge in [0, 0.05) is 67.1 Å². The van der Waals surface area contributed by atoms with E-state index in [0.29, 0.717) is 22.4 Å². The first-order chi connectivity index (χ1) is 15.6. The Morgan fingerprint density at radius 2 is 2.09 bits per heavy atom. The average Bonchev–Trinajstić information content (AvgIpc) is 3.20. The maximum absolute atomic E-state index is 12.3. The minimum absolute atomic E-state index is 0.149. The van der Waals surface area contributed by atoms with E-state index in [-0.39, 0.29) is 11.9 Å². The van der Waals surface area contributed by atoms with Crippen LogP contribution in [0.5, 0.6) is 5.75 Å². The van der Waals surface area contributed by atoms with Gasteiger partial charge in [-0.3, -0.25) is 9.20 Å². The second-order valence-electron chi connectivity index (χ2n) is 9.47. The lowest BCUT2D eigenvalue weighted by Gasteiger charge is -2.58. The van der Waals surface area contributed by atoms with Crippen LogP contribution in [0.2, 0.25) is 5.02 Å². The second kappa shape index (κ2) is 7.74. The molecule has 8 heteroatoms. The van der Waals surface area contributed by atoms with Crippen LogP contribution in [0.4, 0.5) is 5.69 Å². The third kappa shape index (κ3) is 3.53. The van der Waals surface area contributed by atoms with Crippen molar-refractivity contribution in [2.24, 2.45) is 5.41 Å². The van der Waals surface area contributed by atoms with Crippen LogP contribution in [0, 0.1) is 5.41 Å². The number of likely N-dealkylation sites (tertiary alicyclic amines) is 1. The molecule has 0 atom stereocenters. The molecule has 1 saturated heterocycles. The van der Waals surface area contributed by atoms with Gasteiger partial charge in [0.05, 0.1) is 11.1 Å². The number of carbonyl (C=O) groups excluding carboxylic acids is 1. The van der Waals surface area contributed by atoms with E-state index >= 15 is 0 Å². The first-order valence-electron chi connectivity index (χ1n) is 11.4. The molecule has 32 heavy (non-hydrogen) atoms. The van der Waals surface area contributed by atoms with E-state index in [9.17, 15) is 4.79 Å². The minimum Gasteiger partial charge on any atom is -0.490 e. The number of pyridine rings is 1. The zero-order chi connectivity index (χ0) is 21.7. The van der Waals surface area contributed by atoms with Gasteiger partial charge in [-0.15, -0.1) is 10.2 Å². The monoisotopic (exact) mass is 451 g/mol. The summed E-state index contributed by atoms with van der Waals surface area (Å²) in [6, 6.07) is 7.82. The van der Waals surface area contributed by atoms with Crippen molar-refractivity contribution in [3.8, 4) is 5.75 Å². The SMILES string of the molecule is O=C1CCCc2c(OC3CC4(C3)CN(CCNc3ccn5cnnc5c3)C4)ccc(Cl)c21. The number of hydrogen-bond donors (Lipinski definition) is 1. The van der Waals surface area contributed by atoms with Crippen LogP contribution < -0.4 is 10.1 Å². The number of nitrogens with zero attached hydrogens (tertiary/aromatic N) is 4. The quantitative estimate of drug-likeness (QED) is 0.613. The molecule has 7 nitrogen and oxygen atoms in total. The summed E-state index contributed by atoms with van der Waals surface area (Å²) in [4.78, 5) is 14.8. The third-order valence-corrected chi connectivity index (χ3v) is 7.43. The molecular formula is C24H26ClN5O2. The Labute approximate surface area is 191 Å². The van der Waals surface area contributed by atoms with E-state index in [1.165, 1.54) is 0 Å². The number of aromatic nitrogens is 3. The van der Waals surface area contributed by atoms with Crippen molar-refractivity contribution < 1.29 is 9.53 Å². The highest BCUT2D eigenvalue weighted by molar-refractivity contribution is 6.34. The topological polar surface area (TPSA) is 71.8 Å². The Morgan fingerprint density at radius 3 is 2.97 bits per heavy atom. The standard InChI is InChI=1S/C24H26ClN5O2/c25-19-4-5-21(18-2-1-3-20(31)23(18)19)32-17-11-24(12-17)13-29(14-24)9-7-26-16-6-8-30-15-27-28-22(30)10-16/h4-6,8,10,15,17,26H,1-3,7,9,11-14H2. The van der Waals surface area contributed by atoms with E-state index < -0.39 is 0 Å². The van der Waals surface area contributed by atoms with Gasteiger partial charge in [0.1, 0.15) is 12.1 Å².